The third kappa shape index (κ3) is 4.62. The largest absolute Gasteiger partial charge is 0.472 e. The molecule has 22 heavy (non-hydrogen) atoms. The van der Waals surface area contributed by atoms with E-state index in [0.29, 0.717) is 12.5 Å². The lowest BCUT2D eigenvalue weighted by Crippen LogP contribution is -2.08. The molecule has 2 rings (SSSR count). The van der Waals surface area contributed by atoms with Crippen LogP contribution in [0.4, 0.5) is 0 Å². The first-order valence-corrected chi connectivity index (χ1v) is 8.11. The molecular formula is C16H16ClN3OS. The fraction of sp³-hybridized carbons (Fsp3) is 0.312. The number of hydrogen-bond acceptors (Lipinski definition) is 5. The maximum Gasteiger partial charge on any atom is 0.232 e. The summed E-state index contributed by atoms with van der Waals surface area (Å²) in [6, 6.07) is 12.1. The van der Waals surface area contributed by atoms with Crippen molar-refractivity contribution < 1.29 is 4.74 Å². The monoisotopic (exact) mass is 333 g/mol. The van der Waals surface area contributed by atoms with Crippen molar-refractivity contribution in [3.63, 3.8) is 0 Å². The highest BCUT2D eigenvalue weighted by Crippen LogP contribution is 2.34. The number of hydrogen-bond donors (Lipinski definition) is 0. The van der Waals surface area contributed by atoms with Gasteiger partial charge in [0, 0.05) is 11.4 Å². The van der Waals surface area contributed by atoms with Crippen LogP contribution in [0.25, 0.3) is 0 Å². The topological polar surface area (TPSA) is 58.8 Å². The second-order valence-corrected chi connectivity index (χ2v) is 6.58. The van der Waals surface area contributed by atoms with Gasteiger partial charge in [0.1, 0.15) is 6.61 Å². The molecule has 0 amide bonds. The van der Waals surface area contributed by atoms with E-state index in [4.69, 9.17) is 21.6 Å². The Morgan fingerprint density at radius 3 is 2.73 bits per heavy atom. The first kappa shape index (κ1) is 16.6. The van der Waals surface area contributed by atoms with E-state index in [1.54, 1.807) is 6.20 Å². The van der Waals surface area contributed by atoms with E-state index >= 15 is 0 Å². The first-order chi connectivity index (χ1) is 10.6. The van der Waals surface area contributed by atoms with Crippen molar-refractivity contribution in [3.8, 4) is 11.9 Å². The molecule has 2 aromatic rings. The van der Waals surface area contributed by atoms with Gasteiger partial charge in [-0.1, -0.05) is 37.3 Å². The Morgan fingerprint density at radius 2 is 2.05 bits per heavy atom. The summed E-state index contributed by atoms with van der Waals surface area (Å²) in [5.74, 6) is 0.369. The van der Waals surface area contributed by atoms with Gasteiger partial charge in [0.05, 0.1) is 16.9 Å². The maximum atomic E-state index is 9.00. The average Bonchev–Trinajstić information content (AvgIpc) is 2.55. The van der Waals surface area contributed by atoms with Gasteiger partial charge >= 0.3 is 0 Å². The minimum absolute atomic E-state index is 0.0809. The zero-order valence-corrected chi connectivity index (χ0v) is 13.9. The van der Waals surface area contributed by atoms with E-state index in [0.717, 1.165) is 10.5 Å². The van der Waals surface area contributed by atoms with Gasteiger partial charge in [-0.05, 0) is 24.1 Å². The molecular weight excluding hydrogens is 318 g/mol. The number of thioether (sulfide) groups is 1. The van der Waals surface area contributed by atoms with E-state index in [1.807, 2.05) is 44.2 Å². The van der Waals surface area contributed by atoms with Crippen LogP contribution in [0.5, 0.6) is 5.88 Å². The van der Waals surface area contributed by atoms with Crippen LogP contribution in [-0.2, 0) is 6.61 Å². The predicted octanol–water partition coefficient (Wildman–Crippen LogP) is 4.35. The van der Waals surface area contributed by atoms with E-state index in [1.165, 1.54) is 11.8 Å². The highest BCUT2D eigenvalue weighted by atomic mass is 35.5. The molecule has 0 radical (unpaired) electrons. The minimum Gasteiger partial charge on any atom is -0.472 e. The number of aromatic nitrogens is 2. The van der Waals surface area contributed by atoms with Gasteiger partial charge in [0.25, 0.3) is 0 Å². The second kappa shape index (κ2) is 8.02. The van der Waals surface area contributed by atoms with Crippen LogP contribution in [0.15, 0.2) is 41.4 Å². The molecule has 2 unspecified atom stereocenters. The lowest BCUT2D eigenvalue weighted by Gasteiger charge is -2.15. The normalized spacial score (nSPS) is 13.2. The summed E-state index contributed by atoms with van der Waals surface area (Å²) < 4.78 is 5.78. The lowest BCUT2D eigenvalue weighted by molar-refractivity contribution is 0.285. The van der Waals surface area contributed by atoms with Gasteiger partial charge in [-0.3, -0.25) is 0 Å². The number of halogens is 1. The SMILES string of the molecule is CC(C#N)C(C)Sc1cnc(Cl)nc1OCc1ccccc1. The smallest absolute Gasteiger partial charge is 0.232 e. The minimum atomic E-state index is -0.0809. The van der Waals surface area contributed by atoms with Crippen molar-refractivity contribution in [2.75, 3.05) is 0 Å². The molecule has 0 aliphatic heterocycles. The quantitative estimate of drug-likeness (QED) is 0.581. The summed E-state index contributed by atoms with van der Waals surface area (Å²) in [5, 5.41) is 9.25. The van der Waals surface area contributed by atoms with E-state index < -0.39 is 0 Å². The fourth-order valence-electron chi connectivity index (χ4n) is 1.65. The maximum absolute atomic E-state index is 9.00. The number of rotatable bonds is 6. The number of benzene rings is 1. The molecule has 114 valence electrons. The Morgan fingerprint density at radius 1 is 1.32 bits per heavy atom. The molecule has 0 fully saturated rings. The van der Waals surface area contributed by atoms with Crippen LogP contribution in [0.1, 0.15) is 19.4 Å². The van der Waals surface area contributed by atoms with Crippen molar-refractivity contribution in [1.29, 1.82) is 5.26 Å². The Hall–Kier alpha value is -1.77. The van der Waals surface area contributed by atoms with Crippen molar-refractivity contribution >= 4 is 23.4 Å². The van der Waals surface area contributed by atoms with Gasteiger partial charge in [0.15, 0.2) is 0 Å². The standard InChI is InChI=1S/C16H16ClN3OS/c1-11(8-18)12(2)22-14-9-19-16(17)20-15(14)21-10-13-6-4-3-5-7-13/h3-7,9,11-12H,10H2,1-2H3. The summed E-state index contributed by atoms with van der Waals surface area (Å²) in [7, 11) is 0. The van der Waals surface area contributed by atoms with Crippen molar-refractivity contribution in [3.05, 3.63) is 47.4 Å². The van der Waals surface area contributed by atoms with Gasteiger partial charge in [0.2, 0.25) is 11.2 Å². The molecule has 0 aliphatic rings. The second-order valence-electron chi connectivity index (χ2n) is 4.82. The molecule has 0 saturated carbocycles. The van der Waals surface area contributed by atoms with Gasteiger partial charge in [-0.15, -0.1) is 11.8 Å². The summed E-state index contributed by atoms with van der Waals surface area (Å²) in [5.41, 5.74) is 1.05. The summed E-state index contributed by atoms with van der Waals surface area (Å²) in [6.07, 6.45) is 1.64. The zero-order valence-electron chi connectivity index (χ0n) is 12.4. The molecule has 1 aromatic heterocycles. The Labute approximate surface area is 139 Å². The van der Waals surface area contributed by atoms with Crippen LogP contribution in [0, 0.1) is 17.2 Å². The number of nitriles is 1. The third-order valence-electron chi connectivity index (χ3n) is 3.13. The molecule has 0 spiro atoms. The molecule has 4 nitrogen and oxygen atoms in total. The summed E-state index contributed by atoms with van der Waals surface area (Å²) >= 11 is 7.38. The summed E-state index contributed by atoms with van der Waals surface area (Å²) in [4.78, 5) is 8.95. The number of ether oxygens (including phenoxy) is 1. The van der Waals surface area contributed by atoms with Crippen LogP contribution in [0.2, 0.25) is 5.28 Å². The van der Waals surface area contributed by atoms with E-state index in [2.05, 4.69) is 16.0 Å². The fourth-order valence-corrected chi connectivity index (χ4v) is 2.76. The molecule has 0 aliphatic carbocycles. The Bertz CT molecular complexity index is 660. The molecule has 0 saturated heterocycles. The van der Waals surface area contributed by atoms with Crippen LogP contribution >= 0.6 is 23.4 Å². The molecule has 1 heterocycles. The Balaban J connectivity index is 2.12. The van der Waals surface area contributed by atoms with Crippen molar-refractivity contribution in [2.24, 2.45) is 5.92 Å². The van der Waals surface area contributed by atoms with Crippen LogP contribution < -0.4 is 4.74 Å². The first-order valence-electron chi connectivity index (χ1n) is 6.85. The van der Waals surface area contributed by atoms with Gasteiger partial charge in [-0.2, -0.15) is 10.2 Å². The van der Waals surface area contributed by atoms with E-state index in [9.17, 15) is 0 Å². The van der Waals surface area contributed by atoms with Crippen molar-refractivity contribution in [1.82, 2.24) is 9.97 Å². The Kier molecular flexibility index (Phi) is 6.05. The van der Waals surface area contributed by atoms with Crippen molar-refractivity contribution in [2.45, 2.75) is 30.6 Å². The number of nitrogens with zero attached hydrogens (tertiary/aromatic N) is 3. The van der Waals surface area contributed by atoms with Crippen LogP contribution in [0.3, 0.4) is 0 Å². The molecule has 2 atom stereocenters. The third-order valence-corrected chi connectivity index (χ3v) is 4.63. The van der Waals surface area contributed by atoms with E-state index in [-0.39, 0.29) is 16.5 Å². The highest BCUT2D eigenvalue weighted by molar-refractivity contribution is 8.00. The molecule has 1 aromatic carbocycles. The molecule has 0 N–H and O–H groups in total. The zero-order chi connectivity index (χ0) is 15.9. The predicted molar refractivity (Wildman–Crippen MR) is 87.9 cm³/mol. The highest BCUT2D eigenvalue weighted by Gasteiger charge is 2.17. The lowest BCUT2D eigenvalue weighted by atomic mass is 10.1. The average molecular weight is 334 g/mol. The molecule has 0 bridgehead atoms. The van der Waals surface area contributed by atoms with Gasteiger partial charge < -0.3 is 4.74 Å². The van der Waals surface area contributed by atoms with Gasteiger partial charge in [-0.25, -0.2) is 4.98 Å². The summed E-state index contributed by atoms with van der Waals surface area (Å²) in [6.45, 7) is 4.29. The molecule has 6 heteroatoms. The van der Waals surface area contributed by atoms with Crippen LogP contribution in [-0.4, -0.2) is 15.2 Å².